The Hall–Kier alpha value is -2.08. The zero-order valence-electron chi connectivity index (χ0n) is 11.5. The Morgan fingerprint density at radius 3 is 2.52 bits per heavy atom. The van der Waals surface area contributed by atoms with E-state index in [9.17, 15) is 12.8 Å². The van der Waals surface area contributed by atoms with Crippen LogP contribution in [0.4, 0.5) is 10.1 Å². The van der Waals surface area contributed by atoms with E-state index in [1.54, 1.807) is 24.3 Å². The molecule has 0 unspecified atom stereocenters. The lowest BCUT2D eigenvalue weighted by Gasteiger charge is -2.09. The van der Waals surface area contributed by atoms with Crippen LogP contribution in [0.25, 0.3) is 0 Å². The van der Waals surface area contributed by atoms with E-state index in [4.69, 9.17) is 4.74 Å². The first kappa shape index (κ1) is 15.3. The highest BCUT2D eigenvalue weighted by Crippen LogP contribution is 2.17. The third-order valence-corrected chi connectivity index (χ3v) is 3.89. The van der Waals surface area contributed by atoms with Gasteiger partial charge in [-0.3, -0.25) is 0 Å². The molecule has 0 fully saturated rings. The van der Waals surface area contributed by atoms with Gasteiger partial charge in [-0.1, -0.05) is 6.07 Å². The van der Waals surface area contributed by atoms with Crippen molar-refractivity contribution in [2.75, 3.05) is 24.7 Å². The SMILES string of the molecule is CS(=O)(=O)c1cccc(OCCNc2ccc(F)cc2)c1. The molecule has 4 nitrogen and oxygen atoms in total. The molecule has 0 amide bonds. The monoisotopic (exact) mass is 309 g/mol. The van der Waals surface area contributed by atoms with Gasteiger partial charge in [0.2, 0.25) is 0 Å². The smallest absolute Gasteiger partial charge is 0.175 e. The molecule has 2 aromatic rings. The third kappa shape index (κ3) is 4.75. The summed E-state index contributed by atoms with van der Waals surface area (Å²) in [6, 6.07) is 12.4. The Morgan fingerprint density at radius 2 is 1.86 bits per heavy atom. The molecule has 0 atom stereocenters. The lowest BCUT2D eigenvalue weighted by molar-refractivity contribution is 0.332. The zero-order valence-corrected chi connectivity index (χ0v) is 12.4. The number of sulfone groups is 1. The molecule has 0 saturated carbocycles. The van der Waals surface area contributed by atoms with Crippen molar-refractivity contribution >= 4 is 15.5 Å². The third-order valence-electron chi connectivity index (χ3n) is 2.78. The van der Waals surface area contributed by atoms with Crippen LogP contribution in [0, 0.1) is 5.82 Å². The summed E-state index contributed by atoms with van der Waals surface area (Å²) in [4.78, 5) is 0.228. The molecule has 2 rings (SSSR count). The minimum absolute atomic E-state index is 0.228. The molecule has 0 radical (unpaired) electrons. The first-order valence-corrected chi connectivity index (χ1v) is 8.27. The van der Waals surface area contributed by atoms with Gasteiger partial charge in [0, 0.05) is 18.5 Å². The van der Waals surface area contributed by atoms with E-state index in [-0.39, 0.29) is 10.7 Å². The number of hydrogen-bond acceptors (Lipinski definition) is 4. The Labute approximate surface area is 123 Å². The van der Waals surface area contributed by atoms with E-state index in [0.29, 0.717) is 18.9 Å². The molecule has 1 N–H and O–H groups in total. The van der Waals surface area contributed by atoms with Crippen LogP contribution in [-0.2, 0) is 9.84 Å². The second-order valence-electron chi connectivity index (χ2n) is 4.53. The largest absolute Gasteiger partial charge is 0.492 e. The van der Waals surface area contributed by atoms with E-state index >= 15 is 0 Å². The molecule has 0 aliphatic carbocycles. The Balaban J connectivity index is 1.85. The molecule has 0 heterocycles. The average molecular weight is 309 g/mol. The lowest BCUT2D eigenvalue weighted by Crippen LogP contribution is -2.11. The summed E-state index contributed by atoms with van der Waals surface area (Å²) in [5.74, 6) is 0.216. The molecule has 6 heteroatoms. The summed E-state index contributed by atoms with van der Waals surface area (Å²) < 4.78 is 41.1. The average Bonchev–Trinajstić information content (AvgIpc) is 2.45. The number of halogens is 1. The van der Waals surface area contributed by atoms with Gasteiger partial charge < -0.3 is 10.1 Å². The highest BCUT2D eigenvalue weighted by Gasteiger charge is 2.07. The Kier molecular flexibility index (Phi) is 4.80. The Bertz CT molecular complexity index is 699. The zero-order chi connectivity index (χ0) is 15.3. The first-order valence-electron chi connectivity index (χ1n) is 6.37. The summed E-state index contributed by atoms with van der Waals surface area (Å²) in [5.41, 5.74) is 0.796. The van der Waals surface area contributed by atoms with Crippen LogP contribution < -0.4 is 10.1 Å². The lowest BCUT2D eigenvalue weighted by atomic mass is 10.3. The van der Waals surface area contributed by atoms with Gasteiger partial charge in [0.1, 0.15) is 18.2 Å². The molecule has 21 heavy (non-hydrogen) atoms. The molecular formula is C15H16FNO3S. The standard InChI is InChI=1S/C15H16FNO3S/c1-21(18,19)15-4-2-3-14(11-15)20-10-9-17-13-7-5-12(16)6-8-13/h2-8,11,17H,9-10H2,1H3. The van der Waals surface area contributed by atoms with Crippen LogP contribution in [0.2, 0.25) is 0 Å². The van der Waals surface area contributed by atoms with Crippen LogP contribution in [0.5, 0.6) is 5.75 Å². The summed E-state index contributed by atoms with van der Waals surface area (Å²) in [6.45, 7) is 0.888. The van der Waals surface area contributed by atoms with Crippen molar-refractivity contribution in [2.24, 2.45) is 0 Å². The van der Waals surface area contributed by atoms with Crippen LogP contribution in [0.15, 0.2) is 53.4 Å². The summed E-state index contributed by atoms with van der Waals surface area (Å²) in [6.07, 6.45) is 1.15. The number of hydrogen-bond donors (Lipinski definition) is 1. The maximum absolute atomic E-state index is 12.7. The van der Waals surface area contributed by atoms with Crippen molar-refractivity contribution in [1.29, 1.82) is 0 Å². The van der Waals surface area contributed by atoms with Gasteiger partial charge in [0.25, 0.3) is 0 Å². The molecular weight excluding hydrogens is 293 g/mol. The minimum Gasteiger partial charge on any atom is -0.492 e. The summed E-state index contributed by atoms with van der Waals surface area (Å²) in [5, 5.41) is 3.08. The van der Waals surface area contributed by atoms with Gasteiger partial charge >= 0.3 is 0 Å². The van der Waals surface area contributed by atoms with E-state index in [1.165, 1.54) is 24.3 Å². The van der Waals surface area contributed by atoms with E-state index in [1.807, 2.05) is 0 Å². The predicted molar refractivity (Wildman–Crippen MR) is 79.9 cm³/mol. The van der Waals surface area contributed by atoms with E-state index in [2.05, 4.69) is 5.32 Å². The maximum Gasteiger partial charge on any atom is 0.175 e. The highest BCUT2D eigenvalue weighted by atomic mass is 32.2. The second kappa shape index (κ2) is 6.58. The van der Waals surface area contributed by atoms with Gasteiger partial charge in [0.05, 0.1) is 4.90 Å². The van der Waals surface area contributed by atoms with Crippen LogP contribution >= 0.6 is 0 Å². The van der Waals surface area contributed by atoms with Crippen molar-refractivity contribution in [3.8, 4) is 5.75 Å². The summed E-state index contributed by atoms with van der Waals surface area (Å²) >= 11 is 0. The fourth-order valence-corrected chi connectivity index (χ4v) is 2.38. The van der Waals surface area contributed by atoms with Gasteiger partial charge in [-0.05, 0) is 42.5 Å². The molecule has 0 saturated heterocycles. The van der Waals surface area contributed by atoms with Gasteiger partial charge in [0.15, 0.2) is 9.84 Å². The van der Waals surface area contributed by atoms with Crippen LogP contribution in [0.1, 0.15) is 0 Å². The first-order chi connectivity index (χ1) is 9.95. The van der Waals surface area contributed by atoms with Crippen molar-refractivity contribution in [1.82, 2.24) is 0 Å². The van der Waals surface area contributed by atoms with Gasteiger partial charge in [-0.2, -0.15) is 0 Å². The molecule has 2 aromatic carbocycles. The molecule has 0 bridgehead atoms. The fraction of sp³-hybridized carbons (Fsp3) is 0.200. The van der Waals surface area contributed by atoms with Gasteiger partial charge in [-0.15, -0.1) is 0 Å². The second-order valence-corrected chi connectivity index (χ2v) is 6.54. The normalized spacial score (nSPS) is 11.1. The van der Waals surface area contributed by atoms with Crippen molar-refractivity contribution < 1.29 is 17.5 Å². The number of nitrogens with one attached hydrogen (secondary N) is 1. The van der Waals surface area contributed by atoms with Crippen molar-refractivity contribution in [3.05, 3.63) is 54.3 Å². The number of benzene rings is 2. The van der Waals surface area contributed by atoms with Crippen molar-refractivity contribution in [2.45, 2.75) is 4.90 Å². The van der Waals surface area contributed by atoms with Crippen molar-refractivity contribution in [3.63, 3.8) is 0 Å². The Morgan fingerprint density at radius 1 is 1.14 bits per heavy atom. The topological polar surface area (TPSA) is 55.4 Å². The molecule has 112 valence electrons. The van der Waals surface area contributed by atoms with E-state index in [0.717, 1.165) is 11.9 Å². The molecule has 0 aromatic heterocycles. The highest BCUT2D eigenvalue weighted by molar-refractivity contribution is 7.90. The maximum atomic E-state index is 12.7. The molecule has 0 aliphatic rings. The quantitative estimate of drug-likeness (QED) is 0.834. The number of ether oxygens (including phenoxy) is 1. The molecule has 0 aliphatic heterocycles. The number of anilines is 1. The van der Waals surface area contributed by atoms with E-state index < -0.39 is 9.84 Å². The minimum atomic E-state index is -3.23. The van der Waals surface area contributed by atoms with Crippen LogP contribution in [0.3, 0.4) is 0 Å². The summed E-state index contributed by atoms with van der Waals surface area (Å²) in [7, 11) is -3.23. The predicted octanol–water partition coefficient (Wildman–Crippen LogP) is 2.72. The van der Waals surface area contributed by atoms with Gasteiger partial charge in [-0.25, -0.2) is 12.8 Å². The molecule has 0 spiro atoms. The number of rotatable bonds is 6. The van der Waals surface area contributed by atoms with Crippen LogP contribution in [-0.4, -0.2) is 27.8 Å². The fourth-order valence-electron chi connectivity index (χ4n) is 1.73.